The maximum Gasteiger partial charge on any atom is 0.270 e. The predicted molar refractivity (Wildman–Crippen MR) is 100 cm³/mol. The Labute approximate surface area is 153 Å². The highest BCUT2D eigenvalue weighted by Crippen LogP contribution is 2.30. The van der Waals surface area contributed by atoms with E-state index < -0.39 is 6.10 Å². The number of amides is 1. The molecule has 2 atom stereocenters. The molecular weight excluding hydrogens is 330 g/mol. The van der Waals surface area contributed by atoms with Gasteiger partial charge in [-0.1, -0.05) is 18.2 Å². The normalized spacial score (nSPS) is 21.4. The molecule has 0 unspecified atom stereocenters. The number of hydrogen-bond acceptors (Lipinski definition) is 4. The largest absolute Gasteiger partial charge is 0.390 e. The molecule has 0 bridgehead atoms. The molecule has 1 saturated heterocycles. The Morgan fingerprint density at radius 1 is 1.38 bits per heavy atom. The van der Waals surface area contributed by atoms with Crippen LogP contribution in [-0.2, 0) is 17.7 Å². The third kappa shape index (κ3) is 3.24. The zero-order valence-electron chi connectivity index (χ0n) is 15.3. The summed E-state index contributed by atoms with van der Waals surface area (Å²) >= 11 is 0. The molecule has 1 fully saturated rings. The smallest absolute Gasteiger partial charge is 0.270 e. The number of hydrogen-bond donors (Lipinski definition) is 2. The van der Waals surface area contributed by atoms with Gasteiger partial charge in [0.05, 0.1) is 18.8 Å². The van der Waals surface area contributed by atoms with Gasteiger partial charge < -0.3 is 24.6 Å². The van der Waals surface area contributed by atoms with Gasteiger partial charge in [0, 0.05) is 44.2 Å². The highest BCUT2D eigenvalue weighted by atomic mass is 16.5. The van der Waals surface area contributed by atoms with Crippen LogP contribution in [-0.4, -0.2) is 66.0 Å². The molecule has 2 aromatic rings. The number of ether oxygens (including phenoxy) is 1. The second kappa shape index (κ2) is 7.39. The van der Waals surface area contributed by atoms with Crippen LogP contribution in [0.1, 0.15) is 28.9 Å². The second-order valence-corrected chi connectivity index (χ2v) is 7.38. The third-order valence-electron chi connectivity index (χ3n) is 5.49. The van der Waals surface area contributed by atoms with Crippen LogP contribution in [0.3, 0.4) is 0 Å². The van der Waals surface area contributed by atoms with Crippen molar-refractivity contribution in [2.24, 2.45) is 0 Å². The first-order valence-electron chi connectivity index (χ1n) is 9.51. The number of carbonyl (C=O) groups is 1. The van der Waals surface area contributed by atoms with Crippen molar-refractivity contribution in [2.45, 2.75) is 38.0 Å². The second-order valence-electron chi connectivity index (χ2n) is 7.38. The summed E-state index contributed by atoms with van der Waals surface area (Å²) in [7, 11) is 1.84. The van der Waals surface area contributed by atoms with Crippen molar-refractivity contribution < 1.29 is 14.6 Å². The van der Waals surface area contributed by atoms with E-state index >= 15 is 0 Å². The predicted octanol–water partition coefficient (Wildman–Crippen LogP) is 1.40. The Morgan fingerprint density at radius 3 is 3.04 bits per heavy atom. The molecule has 140 valence electrons. The first kappa shape index (κ1) is 17.5. The van der Waals surface area contributed by atoms with Crippen LogP contribution >= 0.6 is 0 Å². The van der Waals surface area contributed by atoms with Gasteiger partial charge in [-0.2, -0.15) is 0 Å². The van der Waals surface area contributed by atoms with Gasteiger partial charge in [-0.25, -0.2) is 0 Å². The van der Waals surface area contributed by atoms with E-state index in [1.54, 1.807) is 4.90 Å². The molecule has 0 aliphatic carbocycles. The molecule has 26 heavy (non-hydrogen) atoms. The standard InChI is InChI=1S/C20H27N3O3/c1-22-9-8-17-16-6-2-3-7-18(16)23(19(17)20(22)25)13-14(24)11-21-12-15-5-4-10-26-15/h2-3,6-7,14-15,21,24H,4-5,8-13H2,1H3/t14-,15-/m1/s1. The minimum atomic E-state index is -0.559. The van der Waals surface area contributed by atoms with Gasteiger partial charge in [0.2, 0.25) is 0 Å². The summed E-state index contributed by atoms with van der Waals surface area (Å²) in [5.74, 6) is 0.0435. The van der Waals surface area contributed by atoms with E-state index in [1.165, 1.54) is 0 Å². The average Bonchev–Trinajstić information content (AvgIpc) is 3.26. The fraction of sp³-hybridized carbons (Fsp3) is 0.550. The van der Waals surface area contributed by atoms with E-state index in [1.807, 2.05) is 29.8 Å². The Kier molecular flexibility index (Phi) is 4.98. The maximum atomic E-state index is 12.8. The van der Waals surface area contributed by atoms with E-state index in [0.29, 0.717) is 13.1 Å². The fourth-order valence-electron chi connectivity index (χ4n) is 4.12. The van der Waals surface area contributed by atoms with Gasteiger partial charge in [-0.15, -0.1) is 0 Å². The Bertz CT molecular complexity index is 795. The van der Waals surface area contributed by atoms with Crippen LogP contribution in [0, 0.1) is 0 Å². The monoisotopic (exact) mass is 357 g/mol. The molecule has 1 aromatic carbocycles. The molecule has 6 heteroatoms. The van der Waals surface area contributed by atoms with Crippen molar-refractivity contribution in [1.82, 2.24) is 14.8 Å². The molecular formula is C20H27N3O3. The SMILES string of the molecule is CN1CCc2c(n(C[C@H](O)CNC[C@H]3CCCO3)c3ccccc23)C1=O. The van der Waals surface area contributed by atoms with Gasteiger partial charge in [-0.3, -0.25) is 4.79 Å². The maximum absolute atomic E-state index is 12.8. The Morgan fingerprint density at radius 2 is 2.23 bits per heavy atom. The van der Waals surface area contributed by atoms with E-state index in [-0.39, 0.29) is 12.0 Å². The summed E-state index contributed by atoms with van der Waals surface area (Å²) in [6, 6.07) is 8.11. The van der Waals surface area contributed by atoms with Crippen molar-refractivity contribution >= 4 is 16.8 Å². The van der Waals surface area contributed by atoms with Crippen molar-refractivity contribution in [2.75, 3.05) is 33.3 Å². The number of carbonyl (C=O) groups excluding carboxylic acids is 1. The summed E-state index contributed by atoms with van der Waals surface area (Å²) in [6.45, 7) is 3.25. The van der Waals surface area contributed by atoms with Gasteiger partial charge in [0.1, 0.15) is 5.69 Å². The van der Waals surface area contributed by atoms with Gasteiger partial charge >= 0.3 is 0 Å². The third-order valence-corrected chi connectivity index (χ3v) is 5.49. The van der Waals surface area contributed by atoms with Crippen molar-refractivity contribution in [1.29, 1.82) is 0 Å². The van der Waals surface area contributed by atoms with Crippen LogP contribution in [0.2, 0.25) is 0 Å². The fourth-order valence-corrected chi connectivity index (χ4v) is 4.12. The molecule has 2 N–H and O–H groups in total. The molecule has 6 nitrogen and oxygen atoms in total. The molecule has 0 saturated carbocycles. The van der Waals surface area contributed by atoms with Crippen LogP contribution < -0.4 is 5.32 Å². The minimum absolute atomic E-state index is 0.0435. The summed E-state index contributed by atoms with van der Waals surface area (Å²) in [5.41, 5.74) is 2.88. The molecule has 1 amide bonds. The highest BCUT2D eigenvalue weighted by molar-refractivity contribution is 6.02. The first-order valence-corrected chi connectivity index (χ1v) is 9.51. The Balaban J connectivity index is 1.53. The molecule has 1 aromatic heterocycles. The number of nitrogens with one attached hydrogen (secondary N) is 1. The zero-order chi connectivity index (χ0) is 18.1. The molecule has 4 rings (SSSR count). The van der Waals surface area contributed by atoms with E-state index in [4.69, 9.17) is 4.74 Å². The number of nitrogens with zero attached hydrogens (tertiary/aromatic N) is 2. The highest BCUT2D eigenvalue weighted by Gasteiger charge is 2.29. The first-order chi connectivity index (χ1) is 12.6. The lowest BCUT2D eigenvalue weighted by Crippen LogP contribution is -2.38. The lowest BCUT2D eigenvalue weighted by molar-refractivity contribution is 0.0763. The van der Waals surface area contributed by atoms with E-state index in [0.717, 1.165) is 61.1 Å². The molecule has 2 aliphatic heterocycles. The molecule has 2 aliphatic rings. The van der Waals surface area contributed by atoms with Gasteiger partial charge in [0.25, 0.3) is 5.91 Å². The van der Waals surface area contributed by atoms with Crippen molar-refractivity contribution in [3.63, 3.8) is 0 Å². The average molecular weight is 357 g/mol. The van der Waals surface area contributed by atoms with E-state index in [9.17, 15) is 9.90 Å². The number of para-hydroxylation sites is 1. The lowest BCUT2D eigenvalue weighted by atomic mass is 10.0. The molecule has 3 heterocycles. The number of aromatic nitrogens is 1. The topological polar surface area (TPSA) is 66.7 Å². The number of likely N-dealkylation sites (N-methyl/N-ethyl adjacent to an activating group) is 1. The summed E-state index contributed by atoms with van der Waals surface area (Å²) in [4.78, 5) is 14.5. The van der Waals surface area contributed by atoms with Crippen LogP contribution in [0.5, 0.6) is 0 Å². The Hall–Kier alpha value is -1.89. The quantitative estimate of drug-likeness (QED) is 0.820. The van der Waals surface area contributed by atoms with Crippen molar-refractivity contribution in [3.05, 3.63) is 35.5 Å². The minimum Gasteiger partial charge on any atom is -0.390 e. The zero-order valence-corrected chi connectivity index (χ0v) is 15.3. The summed E-state index contributed by atoms with van der Waals surface area (Å²) < 4.78 is 7.60. The van der Waals surface area contributed by atoms with Gasteiger partial charge in [-0.05, 0) is 30.9 Å². The number of aliphatic hydroxyl groups excluding tert-OH is 1. The lowest BCUT2D eigenvalue weighted by Gasteiger charge is -2.25. The number of rotatable bonds is 6. The number of aliphatic hydroxyl groups is 1. The van der Waals surface area contributed by atoms with Crippen LogP contribution in [0.4, 0.5) is 0 Å². The molecule has 0 radical (unpaired) electrons. The van der Waals surface area contributed by atoms with Crippen LogP contribution in [0.25, 0.3) is 10.9 Å². The molecule has 0 spiro atoms. The number of fused-ring (bicyclic) bond motifs is 3. The van der Waals surface area contributed by atoms with Crippen molar-refractivity contribution in [3.8, 4) is 0 Å². The summed E-state index contributed by atoms with van der Waals surface area (Å²) in [5, 5.41) is 15.0. The van der Waals surface area contributed by atoms with Gasteiger partial charge in [0.15, 0.2) is 0 Å². The van der Waals surface area contributed by atoms with Crippen LogP contribution in [0.15, 0.2) is 24.3 Å². The number of benzene rings is 1. The van der Waals surface area contributed by atoms with E-state index in [2.05, 4.69) is 11.4 Å². The summed E-state index contributed by atoms with van der Waals surface area (Å²) in [6.07, 6.45) is 2.76.